The van der Waals surface area contributed by atoms with E-state index in [1.54, 1.807) is 30.2 Å². The zero-order chi connectivity index (χ0) is 13.1. The van der Waals surface area contributed by atoms with Crippen molar-refractivity contribution in [3.05, 3.63) is 47.5 Å². The maximum absolute atomic E-state index is 13.7. The van der Waals surface area contributed by atoms with Crippen LogP contribution in [0.2, 0.25) is 0 Å². The highest BCUT2D eigenvalue weighted by atomic mass is 32.1. The Hall–Kier alpha value is -1.95. The molecule has 18 heavy (non-hydrogen) atoms. The number of halogens is 1. The van der Waals surface area contributed by atoms with Gasteiger partial charge in [0, 0.05) is 24.4 Å². The number of thiocarbonyl (C=S) groups is 1. The van der Waals surface area contributed by atoms with Gasteiger partial charge < -0.3 is 10.5 Å². The molecule has 0 fully saturated rings. The number of hydrogen-bond acceptors (Lipinski definition) is 3. The number of aryl methyl sites for hydroxylation is 1. The van der Waals surface area contributed by atoms with Crippen LogP contribution in [0.4, 0.5) is 4.39 Å². The smallest absolute Gasteiger partial charge is 0.165 e. The minimum Gasteiger partial charge on any atom is -0.486 e. The van der Waals surface area contributed by atoms with E-state index < -0.39 is 5.82 Å². The molecule has 0 atom stereocenters. The molecule has 1 heterocycles. The fourth-order valence-corrected chi connectivity index (χ4v) is 1.61. The van der Waals surface area contributed by atoms with Crippen molar-refractivity contribution in [3.63, 3.8) is 0 Å². The molecular formula is C12H12FN3OS. The van der Waals surface area contributed by atoms with Crippen LogP contribution in [-0.2, 0) is 13.7 Å². The molecule has 2 N–H and O–H groups in total. The number of nitrogens with two attached hydrogens (primary N) is 1. The normalized spacial score (nSPS) is 10.3. The van der Waals surface area contributed by atoms with Gasteiger partial charge in [-0.2, -0.15) is 5.10 Å². The topological polar surface area (TPSA) is 53.1 Å². The van der Waals surface area contributed by atoms with Gasteiger partial charge in [-0.3, -0.25) is 4.68 Å². The molecule has 0 radical (unpaired) electrons. The van der Waals surface area contributed by atoms with Gasteiger partial charge in [-0.05, 0) is 18.2 Å². The Bertz CT molecular complexity index is 582. The predicted octanol–water partition coefficient (Wildman–Crippen LogP) is 1.77. The van der Waals surface area contributed by atoms with Crippen LogP contribution < -0.4 is 10.5 Å². The fraction of sp³-hybridized carbons (Fsp3) is 0.167. The summed E-state index contributed by atoms with van der Waals surface area (Å²) in [6.07, 6.45) is 3.47. The van der Waals surface area contributed by atoms with E-state index in [0.29, 0.717) is 5.56 Å². The van der Waals surface area contributed by atoms with Crippen LogP contribution in [0.1, 0.15) is 11.1 Å². The first-order valence-electron chi connectivity index (χ1n) is 5.26. The molecule has 0 aliphatic heterocycles. The van der Waals surface area contributed by atoms with Crippen molar-refractivity contribution in [1.29, 1.82) is 0 Å². The van der Waals surface area contributed by atoms with Crippen molar-refractivity contribution in [3.8, 4) is 5.75 Å². The SMILES string of the molecule is Cn1cc(COc2ccc(C(N)=S)cc2F)cn1. The van der Waals surface area contributed by atoms with Crippen LogP contribution in [0, 0.1) is 5.82 Å². The van der Waals surface area contributed by atoms with Crippen molar-refractivity contribution in [2.24, 2.45) is 12.8 Å². The molecule has 1 aromatic heterocycles. The molecule has 2 aromatic rings. The second-order valence-corrected chi connectivity index (χ2v) is 4.26. The average molecular weight is 265 g/mol. The van der Waals surface area contributed by atoms with Crippen LogP contribution in [0.5, 0.6) is 5.75 Å². The van der Waals surface area contributed by atoms with Gasteiger partial charge in [0.15, 0.2) is 11.6 Å². The molecule has 94 valence electrons. The van der Waals surface area contributed by atoms with Gasteiger partial charge >= 0.3 is 0 Å². The van der Waals surface area contributed by atoms with E-state index in [2.05, 4.69) is 5.10 Å². The summed E-state index contributed by atoms with van der Waals surface area (Å²) in [6, 6.07) is 4.41. The molecule has 2 rings (SSSR count). The molecule has 0 aliphatic rings. The Balaban J connectivity index is 2.08. The van der Waals surface area contributed by atoms with Crippen molar-refractivity contribution in [1.82, 2.24) is 9.78 Å². The van der Waals surface area contributed by atoms with Gasteiger partial charge in [0.1, 0.15) is 11.6 Å². The number of ether oxygens (including phenoxy) is 1. The van der Waals surface area contributed by atoms with Gasteiger partial charge in [0.2, 0.25) is 0 Å². The lowest BCUT2D eigenvalue weighted by Crippen LogP contribution is -2.09. The van der Waals surface area contributed by atoms with Gasteiger partial charge in [0.25, 0.3) is 0 Å². The second kappa shape index (κ2) is 5.14. The fourth-order valence-electron chi connectivity index (χ4n) is 1.48. The molecule has 0 bridgehead atoms. The quantitative estimate of drug-likeness (QED) is 0.856. The van der Waals surface area contributed by atoms with E-state index >= 15 is 0 Å². The third-order valence-electron chi connectivity index (χ3n) is 2.37. The molecular weight excluding hydrogens is 253 g/mol. The second-order valence-electron chi connectivity index (χ2n) is 3.82. The summed E-state index contributed by atoms with van der Waals surface area (Å²) in [6.45, 7) is 0.261. The van der Waals surface area contributed by atoms with Crippen LogP contribution in [0.25, 0.3) is 0 Å². The molecule has 0 aliphatic carbocycles. The molecule has 1 aromatic carbocycles. The summed E-state index contributed by atoms with van der Waals surface area (Å²) >= 11 is 4.77. The average Bonchev–Trinajstić information content (AvgIpc) is 2.73. The van der Waals surface area contributed by atoms with Crippen LogP contribution in [0.15, 0.2) is 30.6 Å². The molecule has 0 spiro atoms. The molecule has 0 amide bonds. The van der Waals surface area contributed by atoms with E-state index in [9.17, 15) is 4.39 Å². The van der Waals surface area contributed by atoms with E-state index in [-0.39, 0.29) is 17.3 Å². The standard InChI is InChI=1S/C12H12FN3OS/c1-16-6-8(5-15-16)7-17-11-3-2-9(12(14)18)4-10(11)13/h2-6H,7H2,1H3,(H2,14,18). The van der Waals surface area contributed by atoms with E-state index in [1.807, 2.05) is 0 Å². The summed E-state index contributed by atoms with van der Waals surface area (Å²) in [5, 5.41) is 4.00. The number of hydrogen-bond donors (Lipinski definition) is 1. The summed E-state index contributed by atoms with van der Waals surface area (Å²) < 4.78 is 20.7. The first-order chi connectivity index (χ1) is 8.56. The Morgan fingerprint density at radius 3 is 2.89 bits per heavy atom. The Morgan fingerprint density at radius 1 is 1.56 bits per heavy atom. The van der Waals surface area contributed by atoms with Crippen molar-refractivity contribution in [2.45, 2.75) is 6.61 Å². The maximum atomic E-state index is 13.7. The first-order valence-corrected chi connectivity index (χ1v) is 5.67. The molecule has 0 unspecified atom stereocenters. The largest absolute Gasteiger partial charge is 0.486 e. The number of benzene rings is 1. The Labute approximate surface area is 109 Å². The number of nitrogens with zero attached hydrogens (tertiary/aromatic N) is 2. The third-order valence-corrected chi connectivity index (χ3v) is 2.60. The monoisotopic (exact) mass is 265 g/mol. The molecule has 0 saturated carbocycles. The number of rotatable bonds is 4. The Morgan fingerprint density at radius 2 is 2.33 bits per heavy atom. The lowest BCUT2D eigenvalue weighted by atomic mass is 10.2. The lowest BCUT2D eigenvalue weighted by Gasteiger charge is -2.07. The van der Waals surface area contributed by atoms with E-state index in [1.165, 1.54) is 12.1 Å². The van der Waals surface area contributed by atoms with Gasteiger partial charge in [-0.25, -0.2) is 4.39 Å². The summed E-state index contributed by atoms with van der Waals surface area (Å²) in [5.74, 6) is -0.317. The van der Waals surface area contributed by atoms with Gasteiger partial charge in [-0.15, -0.1) is 0 Å². The van der Waals surface area contributed by atoms with Crippen molar-refractivity contribution in [2.75, 3.05) is 0 Å². The Kier molecular flexibility index (Phi) is 3.57. The van der Waals surface area contributed by atoms with Crippen LogP contribution in [-0.4, -0.2) is 14.8 Å². The highest BCUT2D eigenvalue weighted by Gasteiger charge is 2.07. The lowest BCUT2D eigenvalue weighted by molar-refractivity contribution is 0.290. The highest BCUT2D eigenvalue weighted by Crippen LogP contribution is 2.19. The minimum atomic E-state index is -0.482. The zero-order valence-electron chi connectivity index (χ0n) is 9.76. The molecule has 0 saturated heterocycles. The summed E-state index contributed by atoms with van der Waals surface area (Å²) in [7, 11) is 1.81. The zero-order valence-corrected chi connectivity index (χ0v) is 10.6. The predicted molar refractivity (Wildman–Crippen MR) is 69.8 cm³/mol. The van der Waals surface area contributed by atoms with Gasteiger partial charge in [0.05, 0.1) is 6.20 Å². The van der Waals surface area contributed by atoms with Crippen molar-refractivity contribution < 1.29 is 9.13 Å². The van der Waals surface area contributed by atoms with E-state index in [4.69, 9.17) is 22.7 Å². The minimum absolute atomic E-state index is 0.160. The number of aromatic nitrogens is 2. The van der Waals surface area contributed by atoms with Crippen LogP contribution >= 0.6 is 12.2 Å². The molecule has 4 nitrogen and oxygen atoms in total. The first kappa shape index (κ1) is 12.5. The third kappa shape index (κ3) is 2.84. The van der Waals surface area contributed by atoms with E-state index in [0.717, 1.165) is 5.56 Å². The van der Waals surface area contributed by atoms with Crippen molar-refractivity contribution >= 4 is 17.2 Å². The summed E-state index contributed by atoms with van der Waals surface area (Å²) in [4.78, 5) is 0.160. The molecule has 6 heteroatoms. The highest BCUT2D eigenvalue weighted by molar-refractivity contribution is 7.80. The summed E-state index contributed by atoms with van der Waals surface area (Å²) in [5.41, 5.74) is 6.77. The van der Waals surface area contributed by atoms with Gasteiger partial charge in [-0.1, -0.05) is 12.2 Å². The maximum Gasteiger partial charge on any atom is 0.165 e. The van der Waals surface area contributed by atoms with Crippen LogP contribution in [0.3, 0.4) is 0 Å².